The van der Waals surface area contributed by atoms with Crippen molar-refractivity contribution < 1.29 is 21.9 Å². The van der Waals surface area contributed by atoms with E-state index in [0.29, 0.717) is 12.0 Å². The molecule has 6 heteroatoms. The van der Waals surface area contributed by atoms with Crippen LogP contribution in [0.4, 0.5) is 0 Å². The third-order valence-corrected chi connectivity index (χ3v) is 2.82. The van der Waals surface area contributed by atoms with Gasteiger partial charge in [-0.25, -0.2) is 0 Å². The lowest BCUT2D eigenvalue weighted by atomic mass is 9.93. The Bertz CT molecular complexity index is 506. The fourth-order valence-corrected chi connectivity index (χ4v) is 1.98. The van der Waals surface area contributed by atoms with Crippen molar-refractivity contribution in [1.29, 1.82) is 0 Å². The second kappa shape index (κ2) is 5.29. The monoisotopic (exact) mass is 258 g/mol. The van der Waals surface area contributed by atoms with Gasteiger partial charge in [-0.2, -0.15) is 8.42 Å². The minimum atomic E-state index is -4.75. The molecule has 0 saturated heterocycles. The van der Waals surface area contributed by atoms with E-state index in [0.717, 1.165) is 5.56 Å². The van der Waals surface area contributed by atoms with E-state index < -0.39 is 22.3 Å². The highest BCUT2D eigenvalue weighted by molar-refractivity contribution is 7.81. The molecule has 5 nitrogen and oxygen atoms in total. The van der Waals surface area contributed by atoms with Gasteiger partial charge in [0.05, 0.1) is 5.92 Å². The van der Waals surface area contributed by atoms with Gasteiger partial charge in [-0.1, -0.05) is 31.2 Å². The fourth-order valence-electron chi connectivity index (χ4n) is 1.65. The molecule has 0 aliphatic heterocycles. The number of benzene rings is 1. The van der Waals surface area contributed by atoms with Crippen LogP contribution in [0.2, 0.25) is 0 Å². The molecule has 1 atom stereocenters. The van der Waals surface area contributed by atoms with Crippen LogP contribution in [0.15, 0.2) is 24.3 Å². The standard InChI is InChI=1S/C11H14O5S/c1-3-9(11(12)16-17(13,14)15)10-7-5-4-6-8(10)2/h4-7,9H,3H2,1-2H3,(H,13,14,15). The largest absolute Gasteiger partial charge is 0.448 e. The van der Waals surface area contributed by atoms with Crippen molar-refractivity contribution >= 4 is 16.4 Å². The molecular formula is C11H14O5S. The molecule has 1 unspecified atom stereocenters. The van der Waals surface area contributed by atoms with Crippen molar-refractivity contribution in [3.05, 3.63) is 35.4 Å². The summed E-state index contributed by atoms with van der Waals surface area (Å²) in [7, 11) is -4.75. The van der Waals surface area contributed by atoms with E-state index in [1.807, 2.05) is 19.1 Å². The third-order valence-electron chi connectivity index (χ3n) is 2.44. The van der Waals surface area contributed by atoms with Crippen LogP contribution in [0.25, 0.3) is 0 Å². The first-order valence-corrected chi connectivity index (χ1v) is 6.48. The van der Waals surface area contributed by atoms with Gasteiger partial charge in [-0.05, 0) is 24.5 Å². The summed E-state index contributed by atoms with van der Waals surface area (Å²) in [4.78, 5) is 11.6. The molecule has 0 aromatic heterocycles. The Balaban J connectivity index is 3.01. The van der Waals surface area contributed by atoms with Crippen LogP contribution in [0.5, 0.6) is 0 Å². The van der Waals surface area contributed by atoms with Crippen molar-refractivity contribution in [2.24, 2.45) is 0 Å². The molecule has 0 aliphatic carbocycles. The fraction of sp³-hybridized carbons (Fsp3) is 0.364. The lowest BCUT2D eigenvalue weighted by Gasteiger charge is -2.14. The van der Waals surface area contributed by atoms with Gasteiger partial charge in [0.2, 0.25) is 0 Å². The molecule has 1 rings (SSSR count). The molecule has 0 radical (unpaired) electrons. The number of hydrogen-bond donors (Lipinski definition) is 1. The lowest BCUT2D eigenvalue weighted by molar-refractivity contribution is -0.136. The van der Waals surface area contributed by atoms with E-state index in [9.17, 15) is 13.2 Å². The number of carbonyl (C=O) groups excluding carboxylic acids is 1. The number of rotatable bonds is 4. The van der Waals surface area contributed by atoms with E-state index in [4.69, 9.17) is 4.55 Å². The zero-order chi connectivity index (χ0) is 13.1. The summed E-state index contributed by atoms with van der Waals surface area (Å²) in [5.74, 6) is -1.66. The summed E-state index contributed by atoms with van der Waals surface area (Å²) in [5, 5.41) is 0. The normalized spacial score (nSPS) is 13.1. The molecule has 0 saturated carbocycles. The van der Waals surface area contributed by atoms with Crippen molar-refractivity contribution in [3.8, 4) is 0 Å². The molecule has 0 fully saturated rings. The smallest absolute Gasteiger partial charge is 0.324 e. The highest BCUT2D eigenvalue weighted by Crippen LogP contribution is 2.24. The molecule has 0 amide bonds. The van der Waals surface area contributed by atoms with Gasteiger partial charge in [0.1, 0.15) is 0 Å². The van der Waals surface area contributed by atoms with E-state index >= 15 is 0 Å². The predicted molar refractivity (Wildman–Crippen MR) is 61.9 cm³/mol. The van der Waals surface area contributed by atoms with Crippen molar-refractivity contribution in [3.63, 3.8) is 0 Å². The molecule has 0 aliphatic rings. The van der Waals surface area contributed by atoms with Gasteiger partial charge in [-0.3, -0.25) is 9.35 Å². The summed E-state index contributed by atoms with van der Waals surface area (Å²) in [6, 6.07) is 7.12. The maximum atomic E-state index is 11.6. The molecule has 17 heavy (non-hydrogen) atoms. The van der Waals surface area contributed by atoms with Crippen LogP contribution < -0.4 is 0 Å². The zero-order valence-electron chi connectivity index (χ0n) is 9.58. The Labute approximate surface area is 100 Å². The summed E-state index contributed by atoms with van der Waals surface area (Å²) < 4.78 is 33.4. The topological polar surface area (TPSA) is 80.7 Å². The average Bonchev–Trinajstić information content (AvgIpc) is 2.19. The molecule has 1 N–H and O–H groups in total. The minimum Gasteiger partial charge on any atom is -0.324 e. The summed E-state index contributed by atoms with van der Waals surface area (Å²) in [6.07, 6.45) is 0.388. The van der Waals surface area contributed by atoms with Crippen LogP contribution >= 0.6 is 0 Å². The van der Waals surface area contributed by atoms with E-state index in [2.05, 4.69) is 4.18 Å². The Morgan fingerprint density at radius 2 is 2.00 bits per heavy atom. The number of carbonyl (C=O) groups is 1. The van der Waals surface area contributed by atoms with Gasteiger partial charge < -0.3 is 4.18 Å². The summed E-state index contributed by atoms with van der Waals surface area (Å²) >= 11 is 0. The van der Waals surface area contributed by atoms with E-state index in [1.54, 1.807) is 19.1 Å². The Kier molecular flexibility index (Phi) is 4.25. The molecule has 94 valence electrons. The minimum absolute atomic E-state index is 0.388. The molecule has 0 heterocycles. The Morgan fingerprint density at radius 3 is 2.47 bits per heavy atom. The summed E-state index contributed by atoms with van der Waals surface area (Å²) in [5.41, 5.74) is 1.57. The second-order valence-corrected chi connectivity index (χ2v) is 4.67. The highest BCUT2D eigenvalue weighted by Gasteiger charge is 2.25. The van der Waals surface area contributed by atoms with Gasteiger partial charge in [-0.15, -0.1) is 0 Å². The molecule has 1 aromatic carbocycles. The number of hydrogen-bond acceptors (Lipinski definition) is 4. The van der Waals surface area contributed by atoms with Crippen molar-refractivity contribution in [1.82, 2.24) is 0 Å². The zero-order valence-corrected chi connectivity index (χ0v) is 10.4. The quantitative estimate of drug-likeness (QED) is 0.833. The van der Waals surface area contributed by atoms with Crippen LogP contribution in [-0.2, 0) is 19.4 Å². The Hall–Kier alpha value is -1.40. The van der Waals surface area contributed by atoms with Crippen molar-refractivity contribution in [2.45, 2.75) is 26.2 Å². The molecule has 0 spiro atoms. The summed E-state index contributed by atoms with van der Waals surface area (Å²) in [6.45, 7) is 3.56. The first kappa shape index (κ1) is 13.7. The van der Waals surface area contributed by atoms with Crippen LogP contribution in [0, 0.1) is 6.92 Å². The first-order valence-electron chi connectivity index (χ1n) is 5.11. The van der Waals surface area contributed by atoms with Crippen LogP contribution in [0.3, 0.4) is 0 Å². The predicted octanol–water partition coefficient (Wildman–Crippen LogP) is 1.83. The highest BCUT2D eigenvalue weighted by atomic mass is 32.3. The average molecular weight is 258 g/mol. The maximum Gasteiger partial charge on any atom is 0.448 e. The SMILES string of the molecule is CCC(C(=O)OS(=O)(=O)O)c1ccccc1C. The third kappa shape index (κ3) is 3.83. The van der Waals surface area contributed by atoms with Gasteiger partial charge in [0, 0.05) is 0 Å². The van der Waals surface area contributed by atoms with E-state index in [-0.39, 0.29) is 0 Å². The van der Waals surface area contributed by atoms with Gasteiger partial charge >= 0.3 is 16.4 Å². The molecule has 0 bridgehead atoms. The van der Waals surface area contributed by atoms with Crippen LogP contribution in [0.1, 0.15) is 30.4 Å². The van der Waals surface area contributed by atoms with Gasteiger partial charge in [0.15, 0.2) is 0 Å². The lowest BCUT2D eigenvalue weighted by Crippen LogP contribution is -2.19. The number of aryl methyl sites for hydroxylation is 1. The maximum absolute atomic E-state index is 11.6. The first-order chi connectivity index (χ1) is 7.85. The molecular weight excluding hydrogens is 244 g/mol. The van der Waals surface area contributed by atoms with Crippen molar-refractivity contribution in [2.75, 3.05) is 0 Å². The molecule has 1 aromatic rings. The van der Waals surface area contributed by atoms with E-state index in [1.165, 1.54) is 0 Å². The second-order valence-electron chi connectivity index (χ2n) is 3.65. The van der Waals surface area contributed by atoms with Gasteiger partial charge in [0.25, 0.3) is 0 Å². The van der Waals surface area contributed by atoms with Crippen LogP contribution in [-0.4, -0.2) is 18.9 Å². The Morgan fingerprint density at radius 1 is 1.41 bits per heavy atom.